The molecule has 0 aliphatic carbocycles. The van der Waals surface area contributed by atoms with Gasteiger partial charge in [0.25, 0.3) is 0 Å². The van der Waals surface area contributed by atoms with Gasteiger partial charge in [-0.1, -0.05) is 11.2 Å². The lowest BCUT2D eigenvalue weighted by Gasteiger charge is -1.96. The maximum atomic E-state index is 4.61. The smallest absolute Gasteiger partial charge is 0.106 e. The molecular formula is C8H10N2O. The molecule has 1 heterocycles. The molecule has 0 atom stereocenters. The SMILES string of the molecule is CO/N=C(\C)c1ccccn1. The number of rotatable bonds is 2. The first-order valence-electron chi connectivity index (χ1n) is 3.33. The molecule has 0 saturated heterocycles. The summed E-state index contributed by atoms with van der Waals surface area (Å²) >= 11 is 0. The van der Waals surface area contributed by atoms with E-state index >= 15 is 0 Å². The zero-order valence-electron chi connectivity index (χ0n) is 6.61. The zero-order chi connectivity index (χ0) is 8.10. The molecule has 0 bridgehead atoms. The fraction of sp³-hybridized carbons (Fsp3) is 0.250. The monoisotopic (exact) mass is 150 g/mol. The molecule has 0 radical (unpaired) electrons. The predicted octanol–water partition coefficient (Wildman–Crippen LogP) is 1.45. The van der Waals surface area contributed by atoms with Crippen LogP contribution < -0.4 is 0 Å². The van der Waals surface area contributed by atoms with Crippen molar-refractivity contribution in [3.05, 3.63) is 30.1 Å². The van der Waals surface area contributed by atoms with E-state index in [9.17, 15) is 0 Å². The summed E-state index contributed by atoms with van der Waals surface area (Å²) in [7, 11) is 1.52. The molecule has 0 fully saturated rings. The van der Waals surface area contributed by atoms with E-state index in [2.05, 4.69) is 15.0 Å². The molecule has 3 nitrogen and oxygen atoms in total. The van der Waals surface area contributed by atoms with E-state index in [1.54, 1.807) is 6.20 Å². The number of hydrogen-bond acceptors (Lipinski definition) is 3. The van der Waals surface area contributed by atoms with Gasteiger partial charge in [-0.3, -0.25) is 4.98 Å². The van der Waals surface area contributed by atoms with Gasteiger partial charge < -0.3 is 4.84 Å². The first kappa shape index (κ1) is 7.72. The maximum Gasteiger partial charge on any atom is 0.106 e. The minimum absolute atomic E-state index is 0.785. The minimum atomic E-state index is 0.785. The van der Waals surface area contributed by atoms with Crippen molar-refractivity contribution >= 4 is 5.71 Å². The van der Waals surface area contributed by atoms with Crippen LogP contribution in [0.2, 0.25) is 0 Å². The molecule has 1 aromatic heterocycles. The third-order valence-electron chi connectivity index (χ3n) is 1.26. The molecule has 1 aromatic rings. The van der Waals surface area contributed by atoms with E-state index in [-0.39, 0.29) is 0 Å². The summed E-state index contributed by atoms with van der Waals surface area (Å²) in [5, 5.41) is 3.75. The van der Waals surface area contributed by atoms with E-state index < -0.39 is 0 Å². The Morgan fingerprint density at radius 2 is 2.36 bits per heavy atom. The van der Waals surface area contributed by atoms with Gasteiger partial charge in [0, 0.05) is 6.20 Å². The Morgan fingerprint density at radius 1 is 1.55 bits per heavy atom. The van der Waals surface area contributed by atoms with Crippen molar-refractivity contribution in [2.45, 2.75) is 6.92 Å². The Bertz CT molecular complexity index is 244. The molecular weight excluding hydrogens is 140 g/mol. The summed E-state index contributed by atoms with van der Waals surface area (Å²) in [4.78, 5) is 8.69. The lowest BCUT2D eigenvalue weighted by molar-refractivity contribution is 0.213. The molecule has 0 amide bonds. The molecule has 0 spiro atoms. The second-order valence-corrected chi connectivity index (χ2v) is 2.07. The summed E-state index contributed by atoms with van der Waals surface area (Å²) in [5.74, 6) is 0. The summed E-state index contributed by atoms with van der Waals surface area (Å²) in [6, 6.07) is 5.67. The summed E-state index contributed by atoms with van der Waals surface area (Å²) in [6.07, 6.45) is 1.73. The second-order valence-electron chi connectivity index (χ2n) is 2.07. The van der Waals surface area contributed by atoms with Crippen molar-refractivity contribution in [2.24, 2.45) is 5.16 Å². The molecule has 0 aliphatic rings. The molecule has 11 heavy (non-hydrogen) atoms. The van der Waals surface area contributed by atoms with Gasteiger partial charge >= 0.3 is 0 Å². The van der Waals surface area contributed by atoms with Crippen LogP contribution in [0.15, 0.2) is 29.6 Å². The first-order valence-corrected chi connectivity index (χ1v) is 3.33. The quantitative estimate of drug-likeness (QED) is 0.472. The van der Waals surface area contributed by atoms with Crippen LogP contribution in [-0.4, -0.2) is 17.8 Å². The van der Waals surface area contributed by atoms with Crippen LogP contribution in [0.3, 0.4) is 0 Å². The lowest BCUT2D eigenvalue weighted by Crippen LogP contribution is -1.97. The number of aromatic nitrogens is 1. The average Bonchev–Trinajstić information content (AvgIpc) is 2.07. The fourth-order valence-corrected chi connectivity index (χ4v) is 0.760. The van der Waals surface area contributed by atoms with Gasteiger partial charge in [0.15, 0.2) is 0 Å². The summed E-state index contributed by atoms with van der Waals surface area (Å²) in [5.41, 5.74) is 1.63. The molecule has 0 saturated carbocycles. The highest BCUT2D eigenvalue weighted by Crippen LogP contribution is 1.95. The Labute approximate surface area is 65.7 Å². The third kappa shape index (κ3) is 2.04. The molecule has 1 rings (SSSR count). The van der Waals surface area contributed by atoms with E-state index in [4.69, 9.17) is 0 Å². The van der Waals surface area contributed by atoms with E-state index in [1.165, 1.54) is 7.11 Å². The Kier molecular flexibility index (Phi) is 2.60. The molecule has 0 unspecified atom stereocenters. The fourth-order valence-electron chi connectivity index (χ4n) is 0.760. The minimum Gasteiger partial charge on any atom is -0.399 e. The average molecular weight is 150 g/mol. The Balaban J connectivity index is 2.85. The van der Waals surface area contributed by atoms with Gasteiger partial charge in [-0.25, -0.2) is 0 Å². The number of hydrogen-bond donors (Lipinski definition) is 0. The summed E-state index contributed by atoms with van der Waals surface area (Å²) < 4.78 is 0. The highest BCUT2D eigenvalue weighted by Gasteiger charge is 1.95. The van der Waals surface area contributed by atoms with Crippen LogP contribution in [-0.2, 0) is 4.84 Å². The standard InChI is InChI=1S/C8H10N2O/c1-7(10-11-2)8-5-3-4-6-9-8/h3-6H,1-2H3/b10-7+. The van der Waals surface area contributed by atoms with E-state index in [1.807, 2.05) is 25.1 Å². The zero-order valence-corrected chi connectivity index (χ0v) is 6.61. The van der Waals surface area contributed by atoms with Crippen LogP contribution in [0.25, 0.3) is 0 Å². The van der Waals surface area contributed by atoms with Gasteiger partial charge in [-0.15, -0.1) is 0 Å². The topological polar surface area (TPSA) is 34.5 Å². The number of oxime groups is 1. The highest BCUT2D eigenvalue weighted by molar-refractivity contribution is 5.96. The van der Waals surface area contributed by atoms with Crippen LogP contribution in [0.4, 0.5) is 0 Å². The van der Waals surface area contributed by atoms with E-state index in [0.29, 0.717) is 0 Å². The van der Waals surface area contributed by atoms with Gasteiger partial charge in [-0.05, 0) is 19.1 Å². The number of nitrogens with zero attached hydrogens (tertiary/aromatic N) is 2. The van der Waals surface area contributed by atoms with Crippen molar-refractivity contribution < 1.29 is 4.84 Å². The largest absolute Gasteiger partial charge is 0.399 e. The Hall–Kier alpha value is -1.38. The van der Waals surface area contributed by atoms with Crippen LogP contribution in [0.5, 0.6) is 0 Å². The highest BCUT2D eigenvalue weighted by atomic mass is 16.6. The van der Waals surface area contributed by atoms with Crippen molar-refractivity contribution in [3.8, 4) is 0 Å². The van der Waals surface area contributed by atoms with E-state index in [0.717, 1.165) is 11.4 Å². The third-order valence-corrected chi connectivity index (χ3v) is 1.26. The van der Waals surface area contributed by atoms with Gasteiger partial charge in [0.05, 0.1) is 5.69 Å². The van der Waals surface area contributed by atoms with Gasteiger partial charge in [-0.2, -0.15) is 0 Å². The predicted molar refractivity (Wildman–Crippen MR) is 43.5 cm³/mol. The molecule has 58 valence electrons. The molecule has 0 aliphatic heterocycles. The Morgan fingerprint density at radius 3 is 2.91 bits per heavy atom. The molecule has 0 aromatic carbocycles. The van der Waals surface area contributed by atoms with Crippen molar-refractivity contribution in [1.29, 1.82) is 0 Å². The number of pyridine rings is 1. The van der Waals surface area contributed by atoms with Crippen molar-refractivity contribution in [1.82, 2.24) is 4.98 Å². The van der Waals surface area contributed by atoms with Crippen molar-refractivity contribution in [2.75, 3.05) is 7.11 Å². The lowest BCUT2D eigenvalue weighted by atomic mass is 10.3. The van der Waals surface area contributed by atoms with Crippen molar-refractivity contribution in [3.63, 3.8) is 0 Å². The van der Waals surface area contributed by atoms with Gasteiger partial charge in [0.2, 0.25) is 0 Å². The van der Waals surface area contributed by atoms with Crippen LogP contribution in [0.1, 0.15) is 12.6 Å². The summed E-state index contributed by atoms with van der Waals surface area (Å²) in [6.45, 7) is 1.85. The van der Waals surface area contributed by atoms with Gasteiger partial charge in [0.1, 0.15) is 12.8 Å². The first-order chi connectivity index (χ1) is 5.34. The molecule has 0 N–H and O–H groups in total. The normalized spacial score (nSPS) is 11.3. The van der Waals surface area contributed by atoms with Crippen LogP contribution in [0, 0.1) is 0 Å². The van der Waals surface area contributed by atoms with Crippen LogP contribution >= 0.6 is 0 Å². The molecule has 3 heteroatoms. The second kappa shape index (κ2) is 3.71. The maximum absolute atomic E-state index is 4.61.